The zero-order valence-electron chi connectivity index (χ0n) is 12.3. The van der Waals surface area contributed by atoms with Crippen molar-refractivity contribution >= 4 is 28.9 Å². The van der Waals surface area contributed by atoms with Crippen LogP contribution in [0.4, 0.5) is 13.2 Å². The molecule has 0 aliphatic heterocycles. The predicted octanol–water partition coefficient (Wildman–Crippen LogP) is 2.06. The number of hydrogen-bond donors (Lipinski definition) is 2. The number of amides is 2. The number of alkyl halides is 3. The summed E-state index contributed by atoms with van der Waals surface area (Å²) in [6, 6.07) is 9.60. The number of rotatable bonds is 5. The Morgan fingerprint density at radius 3 is 2.29 bits per heavy atom. The van der Waals surface area contributed by atoms with Crippen LogP contribution >= 0.6 is 0 Å². The molecule has 0 unspecified atom stereocenters. The van der Waals surface area contributed by atoms with Crippen molar-refractivity contribution in [1.82, 2.24) is 10.6 Å². The fourth-order valence-electron chi connectivity index (χ4n) is 2.14. The van der Waals surface area contributed by atoms with Crippen molar-refractivity contribution in [2.45, 2.75) is 6.18 Å². The van der Waals surface area contributed by atoms with Gasteiger partial charge in [-0.15, -0.1) is 0 Å². The van der Waals surface area contributed by atoms with Gasteiger partial charge in [-0.2, -0.15) is 13.2 Å². The van der Waals surface area contributed by atoms with Gasteiger partial charge in [0.15, 0.2) is 6.29 Å². The molecule has 5 nitrogen and oxygen atoms in total. The minimum absolute atomic E-state index is 0.222. The first-order valence-electron chi connectivity index (χ1n) is 6.90. The standard InChI is InChI=1S/C16H13F3N2O3/c17-16(18,19)9-21-14(23)7-20-15(24)13-6-5-10(8-22)11-3-1-2-4-12(11)13/h1-6,8H,7,9H2,(H,20,24)(H,21,23). The van der Waals surface area contributed by atoms with E-state index in [2.05, 4.69) is 5.32 Å². The summed E-state index contributed by atoms with van der Waals surface area (Å²) in [7, 11) is 0. The van der Waals surface area contributed by atoms with Crippen LogP contribution in [0.15, 0.2) is 36.4 Å². The van der Waals surface area contributed by atoms with Crippen molar-refractivity contribution in [2.24, 2.45) is 0 Å². The lowest BCUT2D eigenvalue weighted by atomic mass is 9.99. The number of hydrogen-bond acceptors (Lipinski definition) is 3. The van der Waals surface area contributed by atoms with Gasteiger partial charge in [0, 0.05) is 11.1 Å². The third-order valence-electron chi connectivity index (χ3n) is 3.22. The number of halogens is 3. The highest BCUT2D eigenvalue weighted by Crippen LogP contribution is 2.21. The summed E-state index contributed by atoms with van der Waals surface area (Å²) in [4.78, 5) is 34.5. The molecule has 2 aromatic carbocycles. The molecule has 0 saturated heterocycles. The molecule has 8 heteroatoms. The SMILES string of the molecule is O=Cc1ccc(C(=O)NCC(=O)NCC(F)(F)F)c2ccccc12. The second-order valence-corrected chi connectivity index (χ2v) is 4.94. The van der Waals surface area contributed by atoms with Crippen LogP contribution in [0.2, 0.25) is 0 Å². The Morgan fingerprint density at radius 1 is 1.00 bits per heavy atom. The number of carbonyl (C=O) groups excluding carboxylic acids is 3. The van der Waals surface area contributed by atoms with Gasteiger partial charge >= 0.3 is 6.18 Å². The molecule has 0 aromatic heterocycles. The molecule has 2 rings (SSSR count). The fraction of sp³-hybridized carbons (Fsp3) is 0.188. The van der Waals surface area contributed by atoms with Crippen LogP contribution in [-0.2, 0) is 4.79 Å². The van der Waals surface area contributed by atoms with Crippen LogP contribution in [0, 0.1) is 0 Å². The molecule has 0 aliphatic carbocycles. The van der Waals surface area contributed by atoms with E-state index in [4.69, 9.17) is 0 Å². The maximum atomic E-state index is 12.2. The van der Waals surface area contributed by atoms with Crippen LogP contribution in [-0.4, -0.2) is 37.4 Å². The first kappa shape index (κ1) is 17.5. The third-order valence-corrected chi connectivity index (χ3v) is 3.22. The second kappa shape index (κ2) is 7.12. The van der Waals surface area contributed by atoms with E-state index in [1.807, 2.05) is 0 Å². The van der Waals surface area contributed by atoms with Crippen molar-refractivity contribution in [3.05, 3.63) is 47.5 Å². The minimum atomic E-state index is -4.51. The van der Waals surface area contributed by atoms with Gasteiger partial charge in [0.25, 0.3) is 5.91 Å². The summed E-state index contributed by atoms with van der Waals surface area (Å²) in [6.07, 6.45) is -3.85. The Balaban J connectivity index is 2.10. The van der Waals surface area contributed by atoms with Gasteiger partial charge in [-0.3, -0.25) is 14.4 Å². The molecule has 24 heavy (non-hydrogen) atoms. The lowest BCUT2D eigenvalue weighted by Crippen LogP contribution is -2.40. The van der Waals surface area contributed by atoms with Crippen molar-refractivity contribution in [1.29, 1.82) is 0 Å². The lowest BCUT2D eigenvalue weighted by molar-refractivity contribution is -0.137. The van der Waals surface area contributed by atoms with Crippen molar-refractivity contribution in [2.75, 3.05) is 13.1 Å². The molecule has 0 bridgehead atoms. The normalized spacial score (nSPS) is 11.1. The van der Waals surface area contributed by atoms with Crippen LogP contribution in [0.5, 0.6) is 0 Å². The fourth-order valence-corrected chi connectivity index (χ4v) is 2.14. The van der Waals surface area contributed by atoms with Crippen LogP contribution in [0.3, 0.4) is 0 Å². The molecule has 126 valence electrons. The Bertz CT molecular complexity index is 788. The number of benzene rings is 2. The maximum absolute atomic E-state index is 12.2. The molecule has 0 aliphatic rings. The summed E-state index contributed by atoms with van der Waals surface area (Å²) in [5, 5.41) is 5.00. The third kappa shape index (κ3) is 4.31. The van der Waals surface area contributed by atoms with Crippen molar-refractivity contribution < 1.29 is 27.6 Å². The first-order chi connectivity index (χ1) is 11.3. The van der Waals surface area contributed by atoms with Gasteiger partial charge in [-0.1, -0.05) is 30.3 Å². The van der Waals surface area contributed by atoms with Gasteiger partial charge in [0.05, 0.1) is 6.54 Å². The number of carbonyl (C=O) groups is 3. The summed E-state index contributed by atoms with van der Waals surface area (Å²) >= 11 is 0. The average molecular weight is 338 g/mol. The average Bonchev–Trinajstić information content (AvgIpc) is 2.56. The summed E-state index contributed by atoms with van der Waals surface area (Å²) in [5.41, 5.74) is 0.630. The van der Waals surface area contributed by atoms with Gasteiger partial charge in [0.2, 0.25) is 5.91 Å². The molecular formula is C16H13F3N2O3. The van der Waals surface area contributed by atoms with E-state index in [9.17, 15) is 27.6 Å². The summed E-state index contributed by atoms with van der Waals surface area (Å²) in [5.74, 6) is -1.57. The molecule has 2 aromatic rings. The van der Waals surface area contributed by atoms with Gasteiger partial charge < -0.3 is 10.6 Å². The van der Waals surface area contributed by atoms with Crippen molar-refractivity contribution in [3.8, 4) is 0 Å². The zero-order valence-corrected chi connectivity index (χ0v) is 12.3. The Labute approximate surface area is 134 Å². The van der Waals surface area contributed by atoms with Crippen LogP contribution in [0.25, 0.3) is 10.8 Å². The van der Waals surface area contributed by atoms with E-state index in [-0.39, 0.29) is 5.56 Å². The van der Waals surface area contributed by atoms with Crippen LogP contribution in [0.1, 0.15) is 20.7 Å². The number of fused-ring (bicyclic) bond motifs is 1. The zero-order chi connectivity index (χ0) is 17.7. The van der Waals surface area contributed by atoms with E-state index < -0.39 is 31.1 Å². The molecule has 0 fully saturated rings. The van der Waals surface area contributed by atoms with Crippen LogP contribution < -0.4 is 10.6 Å². The van der Waals surface area contributed by atoms with Gasteiger partial charge in [-0.05, 0) is 16.8 Å². The smallest absolute Gasteiger partial charge is 0.345 e. The van der Waals surface area contributed by atoms with Gasteiger partial charge in [0.1, 0.15) is 6.54 Å². The number of aldehydes is 1. The molecule has 0 atom stereocenters. The Kier molecular flexibility index (Phi) is 5.18. The number of nitrogens with one attached hydrogen (secondary N) is 2. The topological polar surface area (TPSA) is 75.3 Å². The highest BCUT2D eigenvalue weighted by molar-refractivity contribution is 6.11. The molecular weight excluding hydrogens is 325 g/mol. The van der Waals surface area contributed by atoms with E-state index >= 15 is 0 Å². The molecule has 0 heterocycles. The Morgan fingerprint density at radius 2 is 1.67 bits per heavy atom. The van der Waals surface area contributed by atoms with Gasteiger partial charge in [-0.25, -0.2) is 0 Å². The van der Waals surface area contributed by atoms with E-state index in [0.717, 1.165) is 0 Å². The molecule has 0 saturated carbocycles. The molecule has 0 radical (unpaired) electrons. The lowest BCUT2D eigenvalue weighted by Gasteiger charge is -2.11. The quantitative estimate of drug-likeness (QED) is 0.820. The van der Waals surface area contributed by atoms with Crippen molar-refractivity contribution in [3.63, 3.8) is 0 Å². The minimum Gasteiger partial charge on any atom is -0.345 e. The first-order valence-corrected chi connectivity index (χ1v) is 6.90. The summed E-state index contributed by atoms with van der Waals surface area (Å²) < 4.78 is 36.0. The second-order valence-electron chi connectivity index (χ2n) is 4.94. The van der Waals surface area contributed by atoms with E-state index in [0.29, 0.717) is 22.6 Å². The summed E-state index contributed by atoms with van der Waals surface area (Å²) in [6.45, 7) is -2.04. The predicted molar refractivity (Wildman–Crippen MR) is 80.7 cm³/mol. The van der Waals surface area contributed by atoms with E-state index in [1.165, 1.54) is 12.1 Å². The highest BCUT2D eigenvalue weighted by atomic mass is 19.4. The largest absolute Gasteiger partial charge is 0.405 e. The monoisotopic (exact) mass is 338 g/mol. The maximum Gasteiger partial charge on any atom is 0.405 e. The van der Waals surface area contributed by atoms with E-state index in [1.54, 1.807) is 29.6 Å². The molecule has 0 spiro atoms. The molecule has 2 amide bonds. The molecule has 2 N–H and O–H groups in total. The Hall–Kier alpha value is -2.90. The highest BCUT2D eigenvalue weighted by Gasteiger charge is 2.27.